The number of aromatic nitrogens is 2. The Bertz CT molecular complexity index is 1330. The van der Waals surface area contributed by atoms with Crippen LogP contribution >= 0.6 is 11.3 Å². The Morgan fingerprint density at radius 1 is 1.29 bits per heavy atom. The van der Waals surface area contributed by atoms with E-state index in [2.05, 4.69) is 14.9 Å². The molecule has 0 radical (unpaired) electrons. The predicted octanol–water partition coefficient (Wildman–Crippen LogP) is 3.90. The molecule has 0 saturated heterocycles. The minimum Gasteiger partial charge on any atom is -0.497 e. The zero-order chi connectivity index (χ0) is 22.1. The van der Waals surface area contributed by atoms with Gasteiger partial charge < -0.3 is 18.5 Å². The topological polar surface area (TPSA) is 95.6 Å². The first-order valence-electron chi connectivity index (χ1n) is 9.48. The lowest BCUT2D eigenvalue weighted by Crippen LogP contribution is -2.22. The molecule has 3 heterocycles. The summed E-state index contributed by atoms with van der Waals surface area (Å²) in [6.45, 7) is 3.36. The number of anilines is 1. The molecule has 4 aromatic rings. The summed E-state index contributed by atoms with van der Waals surface area (Å²) in [5, 5.41) is 6.07. The maximum atomic E-state index is 12.3. The van der Waals surface area contributed by atoms with Gasteiger partial charge in [0, 0.05) is 40.7 Å². The molecule has 0 unspecified atom stereocenters. The van der Waals surface area contributed by atoms with Gasteiger partial charge in [-0.15, -0.1) is 11.3 Å². The first kappa shape index (κ1) is 20.7. The number of thiazole rings is 1. The zero-order valence-corrected chi connectivity index (χ0v) is 18.3. The smallest absolute Gasteiger partial charge is 0.264 e. The van der Waals surface area contributed by atoms with Crippen LogP contribution in [0, 0.1) is 13.8 Å². The Balaban J connectivity index is 1.53. The minimum absolute atomic E-state index is 0.0131. The van der Waals surface area contributed by atoms with Gasteiger partial charge in [-0.2, -0.15) is 0 Å². The van der Waals surface area contributed by atoms with Crippen molar-refractivity contribution >= 4 is 33.3 Å². The van der Waals surface area contributed by atoms with Crippen LogP contribution in [-0.4, -0.2) is 29.2 Å². The second-order valence-corrected chi connectivity index (χ2v) is 7.85. The quantitative estimate of drug-likeness (QED) is 0.490. The van der Waals surface area contributed by atoms with Crippen LogP contribution in [0.15, 0.2) is 45.1 Å². The van der Waals surface area contributed by atoms with Gasteiger partial charge >= 0.3 is 0 Å². The molecule has 0 spiro atoms. The Morgan fingerprint density at radius 2 is 2.10 bits per heavy atom. The van der Waals surface area contributed by atoms with Crippen molar-refractivity contribution in [1.82, 2.24) is 9.55 Å². The molecule has 0 bridgehead atoms. The number of carbonyl (C=O) groups excluding carboxylic acids is 1. The summed E-state index contributed by atoms with van der Waals surface area (Å²) in [6, 6.07) is 7.23. The summed E-state index contributed by atoms with van der Waals surface area (Å²) in [6.07, 6.45) is 1.20. The van der Waals surface area contributed by atoms with Gasteiger partial charge in [0.25, 0.3) is 5.91 Å². The molecule has 31 heavy (non-hydrogen) atoms. The highest BCUT2D eigenvalue weighted by molar-refractivity contribution is 7.14. The first-order valence-corrected chi connectivity index (χ1v) is 10.4. The Labute approximate surface area is 182 Å². The monoisotopic (exact) mass is 439 g/mol. The van der Waals surface area contributed by atoms with Gasteiger partial charge in [-0.1, -0.05) is 0 Å². The third kappa shape index (κ3) is 4.04. The van der Waals surface area contributed by atoms with Crippen molar-refractivity contribution in [3.63, 3.8) is 0 Å². The number of aryl methyl sites for hydroxylation is 2. The van der Waals surface area contributed by atoms with E-state index < -0.39 is 5.91 Å². The molecule has 1 N–H and O–H groups in total. The number of amides is 1. The number of hydrogen-bond donors (Lipinski definition) is 1. The predicted molar refractivity (Wildman–Crippen MR) is 119 cm³/mol. The van der Waals surface area contributed by atoms with Crippen molar-refractivity contribution in [3.05, 3.63) is 57.6 Å². The van der Waals surface area contributed by atoms with Crippen LogP contribution in [0.3, 0.4) is 0 Å². The van der Waals surface area contributed by atoms with Crippen LogP contribution in [0.25, 0.3) is 22.2 Å². The fourth-order valence-corrected chi connectivity index (χ4v) is 4.06. The Kier molecular flexibility index (Phi) is 5.51. The number of nitrogens with one attached hydrogen (secondary N) is 1. The molecule has 0 atom stereocenters. The van der Waals surface area contributed by atoms with Gasteiger partial charge in [-0.3, -0.25) is 14.9 Å². The van der Waals surface area contributed by atoms with Crippen LogP contribution in [0.5, 0.6) is 11.5 Å². The maximum absolute atomic E-state index is 12.3. The largest absolute Gasteiger partial charge is 0.497 e. The lowest BCUT2D eigenvalue weighted by molar-refractivity contribution is -0.118. The number of carbonyl (C=O) groups is 1. The molecule has 1 amide bonds. The van der Waals surface area contributed by atoms with Crippen molar-refractivity contribution in [2.45, 2.75) is 13.8 Å². The molecule has 4 rings (SSSR count). The van der Waals surface area contributed by atoms with Gasteiger partial charge in [0.2, 0.25) is 11.2 Å². The van der Waals surface area contributed by atoms with Crippen LogP contribution in [0.2, 0.25) is 0 Å². The van der Waals surface area contributed by atoms with E-state index in [1.807, 2.05) is 37.6 Å². The van der Waals surface area contributed by atoms with E-state index in [9.17, 15) is 9.59 Å². The summed E-state index contributed by atoms with van der Waals surface area (Å²) in [5.41, 5.74) is 3.53. The molecule has 3 aromatic heterocycles. The number of nitrogens with zero attached hydrogens (tertiary/aromatic N) is 2. The van der Waals surface area contributed by atoms with Crippen molar-refractivity contribution in [2.24, 2.45) is 7.05 Å². The summed E-state index contributed by atoms with van der Waals surface area (Å²) in [5.74, 6) is 0.803. The summed E-state index contributed by atoms with van der Waals surface area (Å²) < 4.78 is 17.9. The first-order chi connectivity index (χ1) is 14.9. The third-order valence-electron chi connectivity index (χ3n) is 4.99. The van der Waals surface area contributed by atoms with Crippen LogP contribution in [0.4, 0.5) is 5.13 Å². The van der Waals surface area contributed by atoms with E-state index in [4.69, 9.17) is 13.9 Å². The number of hydrogen-bond acceptors (Lipinski definition) is 7. The maximum Gasteiger partial charge on any atom is 0.264 e. The molecular weight excluding hydrogens is 418 g/mol. The number of methoxy groups -OCH3 is 1. The lowest BCUT2D eigenvalue weighted by Gasteiger charge is -2.05. The van der Waals surface area contributed by atoms with Crippen molar-refractivity contribution in [1.29, 1.82) is 0 Å². The average molecular weight is 439 g/mol. The minimum atomic E-state index is -0.419. The highest BCUT2D eigenvalue weighted by atomic mass is 32.1. The Hall–Kier alpha value is -3.59. The van der Waals surface area contributed by atoms with Gasteiger partial charge in [0.05, 0.1) is 12.8 Å². The molecule has 0 fully saturated rings. The lowest BCUT2D eigenvalue weighted by atomic mass is 10.1. The van der Waals surface area contributed by atoms with E-state index in [1.54, 1.807) is 14.0 Å². The van der Waals surface area contributed by atoms with Crippen LogP contribution in [-0.2, 0) is 11.8 Å². The molecule has 160 valence electrons. The van der Waals surface area contributed by atoms with E-state index in [1.165, 1.54) is 23.7 Å². The van der Waals surface area contributed by atoms with E-state index in [0.717, 1.165) is 33.6 Å². The summed E-state index contributed by atoms with van der Waals surface area (Å²) >= 11 is 1.32. The fourth-order valence-electron chi connectivity index (χ4n) is 3.35. The second kappa shape index (κ2) is 8.27. The average Bonchev–Trinajstić information content (AvgIpc) is 3.29. The SMILES string of the molecule is COc1ccc2c(c1)c(-c1csc(NC(=O)COc3coc(C)cc3=O)n1)c(C)n2C. The highest BCUT2D eigenvalue weighted by Gasteiger charge is 2.18. The van der Waals surface area contributed by atoms with Gasteiger partial charge in [0.1, 0.15) is 17.8 Å². The van der Waals surface area contributed by atoms with E-state index >= 15 is 0 Å². The number of ether oxygens (including phenoxy) is 2. The zero-order valence-electron chi connectivity index (χ0n) is 17.5. The molecule has 9 heteroatoms. The normalized spacial score (nSPS) is 11.0. The Morgan fingerprint density at radius 3 is 2.84 bits per heavy atom. The molecule has 8 nitrogen and oxygen atoms in total. The van der Waals surface area contributed by atoms with Crippen molar-refractivity contribution in [3.8, 4) is 22.8 Å². The molecule has 0 aliphatic rings. The molecule has 0 saturated carbocycles. The van der Waals surface area contributed by atoms with Crippen LogP contribution in [0.1, 0.15) is 11.5 Å². The highest BCUT2D eigenvalue weighted by Crippen LogP contribution is 2.37. The van der Waals surface area contributed by atoms with E-state index in [0.29, 0.717) is 10.9 Å². The van der Waals surface area contributed by atoms with Crippen LogP contribution < -0.4 is 20.2 Å². The molecule has 0 aliphatic carbocycles. The van der Waals surface area contributed by atoms with Gasteiger partial charge in [0.15, 0.2) is 11.7 Å². The standard InChI is InChI=1S/C22H21N3O5S/c1-12-7-18(26)19(9-29-12)30-10-20(27)24-22-23-16(11-31-22)21-13(2)25(3)17-6-5-14(28-4)8-15(17)21/h5-9,11H,10H2,1-4H3,(H,23,24,27). The second-order valence-electron chi connectivity index (χ2n) is 7.00. The number of rotatable bonds is 6. The third-order valence-corrected chi connectivity index (χ3v) is 5.75. The van der Waals surface area contributed by atoms with Gasteiger partial charge in [-0.05, 0) is 32.0 Å². The molecule has 1 aromatic carbocycles. The summed E-state index contributed by atoms with van der Waals surface area (Å²) in [4.78, 5) is 28.7. The van der Waals surface area contributed by atoms with Crippen molar-refractivity contribution < 1.29 is 18.7 Å². The van der Waals surface area contributed by atoms with Gasteiger partial charge in [-0.25, -0.2) is 4.98 Å². The number of benzene rings is 1. The molecular formula is C22H21N3O5S. The van der Waals surface area contributed by atoms with E-state index in [-0.39, 0.29) is 17.8 Å². The number of fused-ring (bicyclic) bond motifs is 1. The fraction of sp³-hybridized carbons (Fsp3) is 0.227. The molecule has 0 aliphatic heterocycles. The van der Waals surface area contributed by atoms with Crippen molar-refractivity contribution in [2.75, 3.05) is 19.0 Å². The summed E-state index contributed by atoms with van der Waals surface area (Å²) in [7, 11) is 3.64.